The number of sulfonamides is 1. The summed E-state index contributed by atoms with van der Waals surface area (Å²) in [6.07, 6.45) is 3.84. The SMILES string of the molecule is CC(C=O)(N1CCCC1CNC=O)N(C1CCN(C(=N)N)CC1)S(=O)(=O)Cc1ccccc1. The molecule has 2 unspecified atom stereocenters. The van der Waals surface area contributed by atoms with E-state index in [2.05, 4.69) is 5.32 Å². The van der Waals surface area contributed by atoms with E-state index in [-0.39, 0.29) is 17.8 Å². The van der Waals surface area contributed by atoms with E-state index in [9.17, 15) is 18.0 Å². The standard InChI is InChI=1S/C22H34N6O4S/c1-22(16-29,27-11-5-8-20(27)14-25-17-30)28(19-9-12-26(13-10-19)21(23)24)33(31,32)15-18-6-3-2-4-7-18/h2-4,6-7,16-17,19-20H,5,8-15H2,1H3,(H3,23,24)(H,25,30). The molecule has 2 atom stereocenters. The highest BCUT2D eigenvalue weighted by molar-refractivity contribution is 7.88. The maximum absolute atomic E-state index is 13.9. The third-order valence-electron chi connectivity index (χ3n) is 6.69. The number of nitrogens with one attached hydrogen (secondary N) is 2. The van der Waals surface area contributed by atoms with Gasteiger partial charge in [0, 0.05) is 38.3 Å². The minimum Gasteiger partial charge on any atom is -0.370 e. The summed E-state index contributed by atoms with van der Waals surface area (Å²) in [6, 6.07) is 8.39. The molecule has 4 N–H and O–H groups in total. The van der Waals surface area contributed by atoms with Crippen LogP contribution in [-0.4, -0.2) is 85.1 Å². The molecule has 2 aliphatic rings. The number of nitrogens with two attached hydrogens (primary N) is 1. The molecule has 11 heteroatoms. The largest absolute Gasteiger partial charge is 0.370 e. The molecule has 33 heavy (non-hydrogen) atoms. The van der Waals surface area contributed by atoms with E-state index >= 15 is 0 Å². The summed E-state index contributed by atoms with van der Waals surface area (Å²) >= 11 is 0. The van der Waals surface area contributed by atoms with E-state index in [1.54, 1.807) is 36.1 Å². The van der Waals surface area contributed by atoms with Gasteiger partial charge in [-0.25, -0.2) is 8.42 Å². The lowest BCUT2D eigenvalue weighted by Gasteiger charge is -2.49. The Kier molecular flexibility index (Phi) is 8.09. The Labute approximate surface area is 195 Å². The molecule has 1 aromatic carbocycles. The van der Waals surface area contributed by atoms with Gasteiger partial charge >= 0.3 is 0 Å². The third kappa shape index (κ3) is 5.53. The van der Waals surface area contributed by atoms with Crippen molar-refractivity contribution >= 4 is 28.7 Å². The van der Waals surface area contributed by atoms with Crippen molar-refractivity contribution in [1.29, 1.82) is 5.41 Å². The number of guanidine groups is 1. The van der Waals surface area contributed by atoms with Crippen LogP contribution >= 0.6 is 0 Å². The minimum atomic E-state index is -3.90. The molecule has 3 rings (SSSR count). The lowest BCUT2D eigenvalue weighted by molar-refractivity contribution is -0.129. The molecule has 2 fully saturated rings. The van der Waals surface area contributed by atoms with E-state index in [0.717, 1.165) is 19.1 Å². The third-order valence-corrected chi connectivity index (χ3v) is 8.66. The van der Waals surface area contributed by atoms with Gasteiger partial charge in [-0.05, 0) is 38.2 Å². The Balaban J connectivity index is 1.98. The van der Waals surface area contributed by atoms with Crippen molar-refractivity contribution in [3.05, 3.63) is 35.9 Å². The molecule has 0 spiro atoms. The predicted molar refractivity (Wildman–Crippen MR) is 126 cm³/mol. The number of piperidine rings is 1. The maximum Gasteiger partial charge on any atom is 0.220 e. The van der Waals surface area contributed by atoms with Crippen LogP contribution in [0, 0.1) is 5.41 Å². The second kappa shape index (κ2) is 10.6. The summed E-state index contributed by atoms with van der Waals surface area (Å²) in [7, 11) is -3.90. The molecule has 2 heterocycles. The molecule has 2 aliphatic heterocycles. The van der Waals surface area contributed by atoms with Crippen LogP contribution in [0.15, 0.2) is 30.3 Å². The Morgan fingerprint density at radius 2 is 1.88 bits per heavy atom. The Morgan fingerprint density at radius 3 is 2.45 bits per heavy atom. The Hall–Kier alpha value is -2.50. The topological polar surface area (TPSA) is 140 Å². The molecule has 2 saturated heterocycles. The van der Waals surface area contributed by atoms with E-state index in [1.807, 2.05) is 11.0 Å². The second-order valence-electron chi connectivity index (χ2n) is 8.87. The molecule has 0 aliphatic carbocycles. The number of amides is 1. The van der Waals surface area contributed by atoms with Crippen molar-refractivity contribution in [3.63, 3.8) is 0 Å². The first-order chi connectivity index (χ1) is 15.7. The zero-order valence-corrected chi connectivity index (χ0v) is 19.8. The first kappa shape index (κ1) is 25.1. The molecule has 1 amide bonds. The molecular weight excluding hydrogens is 444 g/mol. The van der Waals surface area contributed by atoms with Gasteiger partial charge in [-0.2, -0.15) is 4.31 Å². The molecule has 0 radical (unpaired) electrons. The Bertz CT molecular complexity index is 935. The van der Waals surface area contributed by atoms with Crippen LogP contribution < -0.4 is 11.1 Å². The van der Waals surface area contributed by atoms with Gasteiger partial charge in [-0.15, -0.1) is 0 Å². The Morgan fingerprint density at radius 1 is 1.21 bits per heavy atom. The summed E-state index contributed by atoms with van der Waals surface area (Å²) in [5, 5.41) is 10.4. The van der Waals surface area contributed by atoms with Crippen LogP contribution in [0.3, 0.4) is 0 Å². The van der Waals surface area contributed by atoms with Crippen molar-refractivity contribution in [2.75, 3.05) is 26.2 Å². The highest BCUT2D eigenvalue weighted by Crippen LogP contribution is 2.35. The first-order valence-corrected chi connectivity index (χ1v) is 12.9. The van der Waals surface area contributed by atoms with E-state index in [0.29, 0.717) is 51.0 Å². The van der Waals surface area contributed by atoms with Gasteiger partial charge in [-0.1, -0.05) is 30.3 Å². The normalized spacial score (nSPS) is 22.1. The smallest absolute Gasteiger partial charge is 0.220 e. The van der Waals surface area contributed by atoms with Crippen LogP contribution in [0.4, 0.5) is 0 Å². The average molecular weight is 479 g/mol. The molecule has 1 aromatic rings. The number of likely N-dealkylation sites (tertiary alicyclic amines) is 2. The van der Waals surface area contributed by atoms with Crippen LogP contribution in [0.1, 0.15) is 38.2 Å². The fourth-order valence-electron chi connectivity index (χ4n) is 5.15. The first-order valence-electron chi connectivity index (χ1n) is 11.3. The van der Waals surface area contributed by atoms with Gasteiger partial charge in [0.25, 0.3) is 0 Å². The summed E-state index contributed by atoms with van der Waals surface area (Å²) in [5.74, 6) is -0.250. The molecule has 182 valence electrons. The van der Waals surface area contributed by atoms with E-state index in [1.165, 1.54) is 4.31 Å². The van der Waals surface area contributed by atoms with Gasteiger partial charge in [0.1, 0.15) is 5.66 Å². The van der Waals surface area contributed by atoms with Crippen LogP contribution in [0.5, 0.6) is 0 Å². The van der Waals surface area contributed by atoms with E-state index < -0.39 is 21.7 Å². The number of carbonyl (C=O) groups is 2. The van der Waals surface area contributed by atoms with Crippen molar-refractivity contribution < 1.29 is 18.0 Å². The molecule has 0 bridgehead atoms. The average Bonchev–Trinajstić information content (AvgIpc) is 3.27. The summed E-state index contributed by atoms with van der Waals surface area (Å²) in [5.41, 5.74) is 4.88. The van der Waals surface area contributed by atoms with Gasteiger partial charge < -0.3 is 16.0 Å². The number of aldehydes is 1. The molecule has 0 aromatic heterocycles. The quantitative estimate of drug-likeness (QED) is 0.250. The zero-order chi connectivity index (χ0) is 24.1. The lowest BCUT2D eigenvalue weighted by Crippen LogP contribution is -2.67. The number of nitrogens with zero attached hydrogens (tertiary/aromatic N) is 3. The summed E-state index contributed by atoms with van der Waals surface area (Å²) in [4.78, 5) is 27.2. The summed E-state index contributed by atoms with van der Waals surface area (Å²) < 4.78 is 29.2. The highest BCUT2D eigenvalue weighted by atomic mass is 32.2. The van der Waals surface area contributed by atoms with Crippen molar-refractivity contribution in [3.8, 4) is 0 Å². The second-order valence-corrected chi connectivity index (χ2v) is 10.7. The van der Waals surface area contributed by atoms with Crippen LogP contribution in [0.2, 0.25) is 0 Å². The fourth-order valence-corrected chi connectivity index (χ4v) is 7.28. The number of rotatable bonds is 10. The van der Waals surface area contributed by atoms with Gasteiger partial charge in [-0.3, -0.25) is 19.9 Å². The predicted octanol–water partition coefficient (Wildman–Crippen LogP) is 0.302. The number of hydrogen-bond donors (Lipinski definition) is 3. The van der Waals surface area contributed by atoms with Crippen LogP contribution in [0.25, 0.3) is 0 Å². The summed E-state index contributed by atoms with van der Waals surface area (Å²) in [6.45, 7) is 3.47. The van der Waals surface area contributed by atoms with Gasteiger partial charge in [0.05, 0.1) is 5.75 Å². The van der Waals surface area contributed by atoms with Crippen molar-refractivity contribution in [1.82, 2.24) is 19.4 Å². The number of benzene rings is 1. The molecule has 0 saturated carbocycles. The van der Waals surface area contributed by atoms with Gasteiger partial charge in [0.2, 0.25) is 16.4 Å². The van der Waals surface area contributed by atoms with Crippen molar-refractivity contribution in [2.24, 2.45) is 5.73 Å². The van der Waals surface area contributed by atoms with Crippen molar-refractivity contribution in [2.45, 2.75) is 56.1 Å². The lowest BCUT2D eigenvalue weighted by atomic mass is 10.0. The number of hydrogen-bond acceptors (Lipinski definition) is 6. The molecular formula is C22H34N6O4S. The fraction of sp³-hybridized carbons (Fsp3) is 0.591. The number of carbonyl (C=O) groups excluding carboxylic acids is 2. The highest BCUT2D eigenvalue weighted by Gasteiger charge is 2.51. The maximum atomic E-state index is 13.9. The van der Waals surface area contributed by atoms with Crippen LogP contribution in [-0.2, 0) is 25.4 Å². The molecule has 10 nitrogen and oxygen atoms in total. The van der Waals surface area contributed by atoms with E-state index in [4.69, 9.17) is 11.1 Å². The van der Waals surface area contributed by atoms with Gasteiger partial charge in [0.15, 0.2) is 12.2 Å². The minimum absolute atomic E-state index is 0.0372. The monoisotopic (exact) mass is 478 g/mol. The zero-order valence-electron chi connectivity index (χ0n) is 19.0.